The molecule has 2 amide bonds. The lowest BCUT2D eigenvalue weighted by atomic mass is 9.85. The number of halogens is 1. The lowest BCUT2D eigenvalue weighted by Crippen LogP contribution is -2.33. The molecule has 6 rings (SSSR count). The van der Waals surface area contributed by atoms with Gasteiger partial charge in [0.2, 0.25) is 11.8 Å². The molecular formula is C28H20BrNO2. The summed E-state index contributed by atoms with van der Waals surface area (Å²) in [4.78, 5) is 28.5. The van der Waals surface area contributed by atoms with Gasteiger partial charge in [0, 0.05) is 16.3 Å². The normalized spacial score (nSPS) is 25.5. The van der Waals surface area contributed by atoms with E-state index >= 15 is 0 Å². The summed E-state index contributed by atoms with van der Waals surface area (Å²) in [6.07, 6.45) is 4.28. The third-order valence-corrected chi connectivity index (χ3v) is 7.44. The third-order valence-electron chi connectivity index (χ3n) is 6.91. The Morgan fingerprint density at radius 1 is 0.656 bits per heavy atom. The fraction of sp³-hybridized carbons (Fsp3) is 0.143. The zero-order valence-corrected chi connectivity index (χ0v) is 18.8. The van der Waals surface area contributed by atoms with Gasteiger partial charge >= 0.3 is 0 Å². The number of hydrogen-bond donors (Lipinski definition) is 0. The summed E-state index contributed by atoms with van der Waals surface area (Å²) in [6.45, 7) is 0. The predicted molar refractivity (Wildman–Crippen MR) is 129 cm³/mol. The predicted octanol–water partition coefficient (Wildman–Crippen LogP) is 5.87. The van der Waals surface area contributed by atoms with Crippen LogP contribution in [0.3, 0.4) is 0 Å². The molecule has 3 aliphatic rings. The van der Waals surface area contributed by atoms with Crippen LogP contribution in [0.2, 0.25) is 0 Å². The first kappa shape index (κ1) is 19.4. The molecule has 2 bridgehead atoms. The second kappa shape index (κ2) is 7.42. The highest BCUT2D eigenvalue weighted by Gasteiger charge is 2.62. The van der Waals surface area contributed by atoms with Crippen molar-refractivity contribution in [3.8, 4) is 0 Å². The summed E-state index contributed by atoms with van der Waals surface area (Å²) in [5.74, 6) is -0.957. The summed E-state index contributed by atoms with van der Waals surface area (Å²) in [5.41, 5.74) is 5.24. The molecule has 1 saturated heterocycles. The fourth-order valence-corrected chi connectivity index (χ4v) is 5.92. The largest absolute Gasteiger partial charge is 0.274 e. The minimum Gasteiger partial charge on any atom is -0.274 e. The maximum Gasteiger partial charge on any atom is 0.238 e. The van der Waals surface area contributed by atoms with Crippen molar-refractivity contribution in [2.75, 3.05) is 4.90 Å². The second-order valence-corrected chi connectivity index (χ2v) is 9.45. The van der Waals surface area contributed by atoms with E-state index in [1.165, 1.54) is 10.5 Å². The molecule has 1 saturated carbocycles. The van der Waals surface area contributed by atoms with Crippen molar-refractivity contribution in [1.29, 1.82) is 0 Å². The zero-order valence-electron chi connectivity index (χ0n) is 17.2. The molecule has 0 unspecified atom stereocenters. The van der Waals surface area contributed by atoms with Crippen LogP contribution in [0, 0.1) is 23.7 Å². The average molecular weight is 482 g/mol. The number of anilines is 1. The Hall–Kier alpha value is -3.24. The molecule has 4 heteroatoms. The van der Waals surface area contributed by atoms with Gasteiger partial charge in [0.15, 0.2) is 0 Å². The van der Waals surface area contributed by atoms with E-state index in [1.807, 2.05) is 60.7 Å². The molecule has 2 aliphatic carbocycles. The van der Waals surface area contributed by atoms with Gasteiger partial charge in [0.1, 0.15) is 0 Å². The molecule has 1 aliphatic heterocycles. The highest BCUT2D eigenvalue weighted by molar-refractivity contribution is 9.10. The van der Waals surface area contributed by atoms with E-state index in [2.05, 4.69) is 52.3 Å². The number of fused-ring (bicyclic) bond motifs is 5. The van der Waals surface area contributed by atoms with E-state index in [4.69, 9.17) is 0 Å². The van der Waals surface area contributed by atoms with Gasteiger partial charge in [0.05, 0.1) is 17.5 Å². The number of benzene rings is 3. The molecule has 3 aromatic carbocycles. The average Bonchev–Trinajstić information content (AvgIpc) is 3.46. The van der Waals surface area contributed by atoms with Crippen LogP contribution in [-0.4, -0.2) is 11.8 Å². The van der Waals surface area contributed by atoms with Crippen LogP contribution < -0.4 is 4.90 Å². The van der Waals surface area contributed by atoms with Crippen LogP contribution in [-0.2, 0) is 9.59 Å². The molecule has 156 valence electrons. The Labute approximate surface area is 195 Å². The van der Waals surface area contributed by atoms with Crippen molar-refractivity contribution >= 4 is 39.0 Å². The van der Waals surface area contributed by atoms with Crippen molar-refractivity contribution in [1.82, 2.24) is 0 Å². The van der Waals surface area contributed by atoms with Crippen molar-refractivity contribution in [3.63, 3.8) is 0 Å². The monoisotopic (exact) mass is 481 g/mol. The molecule has 32 heavy (non-hydrogen) atoms. The van der Waals surface area contributed by atoms with Crippen LogP contribution >= 0.6 is 15.9 Å². The zero-order chi connectivity index (χ0) is 21.8. The van der Waals surface area contributed by atoms with Crippen LogP contribution in [0.5, 0.6) is 0 Å². The minimum absolute atomic E-state index is 0.0580. The summed E-state index contributed by atoms with van der Waals surface area (Å²) >= 11 is 3.43. The maximum absolute atomic E-state index is 13.6. The molecule has 0 spiro atoms. The summed E-state index contributed by atoms with van der Waals surface area (Å²) in [6, 6.07) is 28.0. The molecule has 3 nitrogen and oxygen atoms in total. The Morgan fingerprint density at radius 3 is 1.59 bits per heavy atom. The highest BCUT2D eigenvalue weighted by Crippen LogP contribution is 2.58. The quantitative estimate of drug-likeness (QED) is 0.346. The van der Waals surface area contributed by atoms with Crippen LogP contribution in [0.25, 0.3) is 5.57 Å². The smallest absolute Gasteiger partial charge is 0.238 e. The summed E-state index contributed by atoms with van der Waals surface area (Å²) in [5, 5.41) is 0. The van der Waals surface area contributed by atoms with Crippen molar-refractivity contribution < 1.29 is 9.59 Å². The van der Waals surface area contributed by atoms with Crippen molar-refractivity contribution in [3.05, 3.63) is 118 Å². The Bertz CT molecular complexity index is 1200. The number of nitrogens with zero attached hydrogens (tertiary/aromatic N) is 1. The standard InChI is InChI=1S/C28H20BrNO2/c29-19-11-13-20(14-12-19)30-27(31)25-21-15-16-22(26(25)28(30)32)24(21)23(17-7-3-1-4-8-17)18-9-5-2-6-10-18/h1-16,21-22,25-26H/t21-,22-,25-,26-/m1/s1. The molecule has 0 aromatic heterocycles. The summed E-state index contributed by atoms with van der Waals surface area (Å²) in [7, 11) is 0. The first-order chi connectivity index (χ1) is 15.6. The fourth-order valence-electron chi connectivity index (χ4n) is 5.65. The van der Waals surface area contributed by atoms with Gasteiger partial charge in [-0.05, 0) is 46.5 Å². The van der Waals surface area contributed by atoms with Crippen LogP contribution in [0.1, 0.15) is 11.1 Å². The van der Waals surface area contributed by atoms with Gasteiger partial charge in [-0.2, -0.15) is 0 Å². The van der Waals surface area contributed by atoms with Crippen molar-refractivity contribution in [2.45, 2.75) is 0 Å². The number of allylic oxidation sites excluding steroid dienone is 3. The number of rotatable bonds is 3. The SMILES string of the molecule is O=C1[C@H]2[C@H](C(=O)N1c1ccc(Br)cc1)[C@@H]1C=C[C@@H]2C1=C(c1ccccc1)c1ccccc1. The van der Waals surface area contributed by atoms with E-state index in [9.17, 15) is 9.59 Å². The van der Waals surface area contributed by atoms with Gasteiger partial charge in [-0.15, -0.1) is 0 Å². The lowest BCUT2D eigenvalue weighted by Gasteiger charge is -2.21. The van der Waals surface area contributed by atoms with Crippen molar-refractivity contribution in [2.24, 2.45) is 23.7 Å². The molecular weight excluding hydrogens is 462 g/mol. The second-order valence-electron chi connectivity index (χ2n) is 8.54. The first-order valence-electron chi connectivity index (χ1n) is 10.8. The highest BCUT2D eigenvalue weighted by atomic mass is 79.9. The molecule has 0 N–H and O–H groups in total. The van der Waals surface area contributed by atoms with E-state index in [0.717, 1.165) is 21.2 Å². The number of imide groups is 1. The van der Waals surface area contributed by atoms with E-state index in [1.54, 1.807) is 0 Å². The Morgan fingerprint density at radius 2 is 1.12 bits per heavy atom. The van der Waals surface area contributed by atoms with Gasteiger partial charge in [-0.25, -0.2) is 4.90 Å². The molecule has 1 heterocycles. The molecule has 4 atom stereocenters. The van der Waals surface area contributed by atoms with Gasteiger partial charge in [-0.3, -0.25) is 9.59 Å². The number of carbonyl (C=O) groups is 2. The topological polar surface area (TPSA) is 37.4 Å². The van der Waals surface area contributed by atoms with Gasteiger partial charge in [-0.1, -0.05) is 88.7 Å². The lowest BCUT2D eigenvalue weighted by molar-refractivity contribution is -0.122. The maximum atomic E-state index is 13.6. The Balaban J connectivity index is 1.48. The minimum atomic E-state index is -0.335. The van der Waals surface area contributed by atoms with E-state index in [0.29, 0.717) is 5.69 Å². The summed E-state index contributed by atoms with van der Waals surface area (Å²) < 4.78 is 0.919. The van der Waals surface area contributed by atoms with Gasteiger partial charge in [0.25, 0.3) is 0 Å². The number of hydrogen-bond acceptors (Lipinski definition) is 2. The third kappa shape index (κ3) is 2.79. The Kier molecular flexibility index (Phi) is 4.51. The van der Waals surface area contributed by atoms with E-state index in [-0.39, 0.29) is 35.5 Å². The van der Waals surface area contributed by atoms with Crippen LogP contribution in [0.4, 0.5) is 5.69 Å². The van der Waals surface area contributed by atoms with Gasteiger partial charge < -0.3 is 0 Å². The molecule has 3 aromatic rings. The first-order valence-corrected chi connectivity index (χ1v) is 11.6. The number of amides is 2. The number of carbonyl (C=O) groups excluding carboxylic acids is 2. The van der Waals surface area contributed by atoms with Crippen LogP contribution in [0.15, 0.2) is 107 Å². The van der Waals surface area contributed by atoms with E-state index < -0.39 is 0 Å². The molecule has 2 fully saturated rings. The molecule has 0 radical (unpaired) electrons.